The van der Waals surface area contributed by atoms with Crippen LogP contribution in [0.1, 0.15) is 13.8 Å². The number of nitrogens with two attached hydrogens (primary N) is 1. The molecule has 0 amide bonds. The maximum atomic E-state index is 12.5. The van der Waals surface area contributed by atoms with Crippen molar-refractivity contribution < 1.29 is 22.3 Å². The number of oxazole rings is 1. The molecular weight excluding hydrogens is 482 g/mol. The number of anilines is 1. The van der Waals surface area contributed by atoms with Gasteiger partial charge in [0.15, 0.2) is 33.6 Å². The van der Waals surface area contributed by atoms with E-state index in [1.165, 1.54) is 24.4 Å². The molecule has 0 bridgehead atoms. The molecule has 3 aromatic heterocycles. The lowest BCUT2D eigenvalue weighted by Gasteiger charge is -2.12. The molecule has 178 valence electrons. The number of rotatable bonds is 8. The van der Waals surface area contributed by atoms with E-state index in [0.29, 0.717) is 39.3 Å². The fourth-order valence-electron chi connectivity index (χ4n) is 3.47. The number of nitrogen functional groups attached to an aromatic ring is 1. The van der Waals surface area contributed by atoms with Crippen molar-refractivity contribution in [3.05, 3.63) is 30.9 Å². The van der Waals surface area contributed by atoms with Gasteiger partial charge in [-0.15, -0.1) is 0 Å². The van der Waals surface area contributed by atoms with Gasteiger partial charge in [-0.1, -0.05) is 11.8 Å². The van der Waals surface area contributed by atoms with E-state index in [1.807, 2.05) is 6.07 Å². The fraction of sp³-hybridized carbons (Fsp3) is 0.300. The van der Waals surface area contributed by atoms with Crippen molar-refractivity contribution in [3.63, 3.8) is 0 Å². The zero-order chi connectivity index (χ0) is 23.9. The van der Waals surface area contributed by atoms with Crippen LogP contribution >= 0.6 is 11.8 Å². The van der Waals surface area contributed by atoms with Crippen molar-refractivity contribution in [1.82, 2.24) is 29.2 Å². The van der Waals surface area contributed by atoms with Crippen molar-refractivity contribution >= 4 is 38.8 Å². The smallest absolute Gasteiger partial charge is 0.231 e. The van der Waals surface area contributed by atoms with E-state index < -0.39 is 10.0 Å². The largest absolute Gasteiger partial charge is 0.454 e. The number of nitrogens with one attached hydrogen (secondary N) is 1. The van der Waals surface area contributed by atoms with Crippen molar-refractivity contribution in [3.8, 4) is 23.0 Å². The van der Waals surface area contributed by atoms with E-state index >= 15 is 0 Å². The number of sulfonamides is 1. The van der Waals surface area contributed by atoms with Crippen molar-refractivity contribution in [2.45, 2.75) is 36.5 Å². The third-order valence-electron chi connectivity index (χ3n) is 4.86. The number of hydrogen-bond donors (Lipinski definition) is 2. The van der Waals surface area contributed by atoms with Gasteiger partial charge in [-0.05, 0) is 26.0 Å². The Morgan fingerprint density at radius 2 is 2.00 bits per heavy atom. The maximum absolute atomic E-state index is 12.5. The third-order valence-corrected chi connectivity index (χ3v) is 7.47. The van der Waals surface area contributed by atoms with Crippen molar-refractivity contribution in [2.24, 2.45) is 0 Å². The number of aryl methyl sites for hydroxylation is 1. The van der Waals surface area contributed by atoms with Crippen LogP contribution in [0.25, 0.3) is 22.6 Å². The molecule has 0 spiro atoms. The Morgan fingerprint density at radius 3 is 2.74 bits per heavy atom. The van der Waals surface area contributed by atoms with Crippen LogP contribution in [0.5, 0.6) is 11.5 Å². The van der Waals surface area contributed by atoms with Crippen LogP contribution in [0.15, 0.2) is 45.4 Å². The number of nitrogens with zero attached hydrogens (tertiary/aromatic N) is 5. The molecule has 1 aliphatic rings. The molecule has 0 aliphatic carbocycles. The van der Waals surface area contributed by atoms with Crippen LogP contribution in [0, 0.1) is 0 Å². The zero-order valence-corrected chi connectivity index (χ0v) is 19.9. The molecular formula is C20H21N7O5S2. The first-order valence-electron chi connectivity index (χ1n) is 10.3. The first-order chi connectivity index (χ1) is 16.3. The molecule has 0 atom stereocenters. The van der Waals surface area contributed by atoms with Crippen LogP contribution in [0.2, 0.25) is 0 Å². The highest BCUT2D eigenvalue weighted by molar-refractivity contribution is 7.99. The van der Waals surface area contributed by atoms with E-state index in [1.54, 1.807) is 30.7 Å². The Labute approximate surface area is 199 Å². The second kappa shape index (κ2) is 8.77. The SMILES string of the molecule is CC(C)NS(=O)(=O)CCn1c(Sc2cc3c(cc2-c2ncco2)OCO3)nc2c(N)ncnc21. The average molecular weight is 504 g/mol. The summed E-state index contributed by atoms with van der Waals surface area (Å²) in [6.45, 7) is 3.75. The van der Waals surface area contributed by atoms with Crippen LogP contribution in [0.4, 0.5) is 5.82 Å². The highest BCUT2D eigenvalue weighted by Crippen LogP contribution is 2.44. The van der Waals surface area contributed by atoms with E-state index in [0.717, 1.165) is 4.90 Å². The van der Waals surface area contributed by atoms with Gasteiger partial charge in [-0.3, -0.25) is 0 Å². The number of benzene rings is 1. The van der Waals surface area contributed by atoms with Gasteiger partial charge in [-0.2, -0.15) is 0 Å². The van der Waals surface area contributed by atoms with E-state index in [-0.39, 0.29) is 31.0 Å². The summed E-state index contributed by atoms with van der Waals surface area (Å²) in [6, 6.07) is 3.38. The number of fused-ring (bicyclic) bond motifs is 2. The summed E-state index contributed by atoms with van der Waals surface area (Å²) >= 11 is 1.28. The third kappa shape index (κ3) is 4.38. The van der Waals surface area contributed by atoms with Gasteiger partial charge < -0.3 is 24.2 Å². The molecule has 3 N–H and O–H groups in total. The van der Waals surface area contributed by atoms with Crippen LogP contribution in [-0.4, -0.2) is 51.5 Å². The lowest BCUT2D eigenvalue weighted by atomic mass is 10.2. The van der Waals surface area contributed by atoms with Gasteiger partial charge in [-0.25, -0.2) is 33.1 Å². The molecule has 0 unspecified atom stereocenters. The summed E-state index contributed by atoms with van der Waals surface area (Å²) in [6.07, 6.45) is 4.35. The monoisotopic (exact) mass is 503 g/mol. The highest BCUT2D eigenvalue weighted by Gasteiger charge is 2.24. The second-order valence-electron chi connectivity index (χ2n) is 7.71. The van der Waals surface area contributed by atoms with Crippen molar-refractivity contribution in [2.75, 3.05) is 18.3 Å². The van der Waals surface area contributed by atoms with E-state index in [2.05, 4.69) is 24.7 Å². The lowest BCUT2D eigenvalue weighted by Crippen LogP contribution is -2.33. The van der Waals surface area contributed by atoms with Gasteiger partial charge in [0.05, 0.1) is 17.5 Å². The lowest BCUT2D eigenvalue weighted by molar-refractivity contribution is 0.174. The standard InChI is InChI=1S/C20H21N7O5S2/c1-11(2)26-34(28,29)6-4-27-18-16(17(21)23-9-24-18)25-20(27)33-15-8-14-13(31-10-32-14)7-12(15)19-22-3-5-30-19/h3,5,7-9,11,26H,4,6,10H2,1-2H3,(H2,21,23,24). The van der Waals surface area contributed by atoms with Gasteiger partial charge in [0.25, 0.3) is 0 Å². The molecule has 12 nitrogen and oxygen atoms in total. The number of aromatic nitrogens is 5. The summed E-state index contributed by atoms with van der Waals surface area (Å²) in [5.41, 5.74) is 7.53. The average Bonchev–Trinajstić information content (AvgIpc) is 3.51. The van der Waals surface area contributed by atoms with Crippen LogP contribution < -0.4 is 19.9 Å². The summed E-state index contributed by atoms with van der Waals surface area (Å²) in [5, 5.41) is 0.480. The summed E-state index contributed by atoms with van der Waals surface area (Å²) in [4.78, 5) is 17.9. The Bertz CT molecular complexity index is 1450. The van der Waals surface area contributed by atoms with E-state index in [9.17, 15) is 8.42 Å². The van der Waals surface area contributed by atoms with E-state index in [4.69, 9.17) is 19.6 Å². The Balaban J connectivity index is 1.57. The molecule has 4 aromatic rings. The first-order valence-corrected chi connectivity index (χ1v) is 12.8. The summed E-state index contributed by atoms with van der Waals surface area (Å²) < 4.78 is 45.8. The molecule has 14 heteroatoms. The minimum atomic E-state index is -3.52. The molecule has 0 fully saturated rings. The molecule has 0 radical (unpaired) electrons. The van der Waals surface area contributed by atoms with Crippen LogP contribution in [0.3, 0.4) is 0 Å². The molecule has 1 aromatic carbocycles. The molecule has 0 saturated heterocycles. The van der Waals surface area contributed by atoms with Gasteiger partial charge in [0, 0.05) is 17.5 Å². The van der Waals surface area contributed by atoms with Gasteiger partial charge in [0.2, 0.25) is 22.7 Å². The maximum Gasteiger partial charge on any atom is 0.231 e. The predicted molar refractivity (Wildman–Crippen MR) is 124 cm³/mol. The Morgan fingerprint density at radius 1 is 1.21 bits per heavy atom. The minimum Gasteiger partial charge on any atom is -0.454 e. The predicted octanol–water partition coefficient (Wildman–Crippen LogP) is 2.27. The zero-order valence-electron chi connectivity index (χ0n) is 18.3. The highest BCUT2D eigenvalue weighted by atomic mass is 32.2. The normalized spacial score (nSPS) is 13.3. The van der Waals surface area contributed by atoms with Gasteiger partial charge >= 0.3 is 0 Å². The Hall–Kier alpha value is -3.36. The van der Waals surface area contributed by atoms with Gasteiger partial charge in [0.1, 0.15) is 12.6 Å². The first kappa shape index (κ1) is 22.4. The topological polar surface area (TPSA) is 160 Å². The molecule has 1 aliphatic heterocycles. The fourth-order valence-corrected chi connectivity index (χ4v) is 5.78. The Kier molecular flexibility index (Phi) is 5.79. The quantitative estimate of drug-likeness (QED) is 0.363. The second-order valence-corrected chi connectivity index (χ2v) is 10.6. The molecule has 0 saturated carbocycles. The number of imidazole rings is 1. The number of ether oxygens (including phenoxy) is 2. The van der Waals surface area contributed by atoms with Crippen LogP contribution in [-0.2, 0) is 16.6 Å². The van der Waals surface area contributed by atoms with Crippen molar-refractivity contribution in [1.29, 1.82) is 0 Å². The minimum absolute atomic E-state index is 0.107. The summed E-state index contributed by atoms with van der Waals surface area (Å²) in [5.74, 6) is 1.58. The summed E-state index contributed by atoms with van der Waals surface area (Å²) in [7, 11) is -3.52. The molecule has 4 heterocycles. The molecule has 34 heavy (non-hydrogen) atoms. The number of hydrogen-bond acceptors (Lipinski definition) is 11. The molecule has 5 rings (SSSR count).